The van der Waals surface area contributed by atoms with Crippen LogP contribution >= 0.6 is 0 Å². The van der Waals surface area contributed by atoms with E-state index >= 15 is 0 Å². The second-order valence-corrected chi connectivity index (χ2v) is 7.67. The number of aliphatic hydroxyl groups is 1. The van der Waals surface area contributed by atoms with Crippen LogP contribution in [-0.2, 0) is 6.54 Å². The van der Waals surface area contributed by atoms with Gasteiger partial charge < -0.3 is 10.0 Å². The Morgan fingerprint density at radius 2 is 2.17 bits per heavy atom. The minimum atomic E-state index is 0.109. The molecule has 3 heterocycles. The fourth-order valence-corrected chi connectivity index (χ4v) is 4.23. The lowest BCUT2D eigenvalue weighted by atomic mass is 9.69. The minimum absolute atomic E-state index is 0.109. The number of likely N-dealkylation sites (tertiary alicyclic amines) is 2. The SMILES string of the molecule is CC(C)c1nccc(CN2CC[C@@]3(CO)CCCN(C)[C@@H]3C2)n1. The van der Waals surface area contributed by atoms with E-state index in [1.165, 1.54) is 6.42 Å². The van der Waals surface area contributed by atoms with Crippen molar-refractivity contribution < 1.29 is 5.11 Å². The molecule has 3 rings (SSSR count). The molecule has 1 aromatic rings. The summed E-state index contributed by atoms with van der Waals surface area (Å²) in [6, 6.07) is 2.49. The number of piperidine rings is 2. The maximum absolute atomic E-state index is 10.0. The average Bonchev–Trinajstić information content (AvgIpc) is 2.56. The molecule has 2 saturated heterocycles. The molecule has 5 nitrogen and oxygen atoms in total. The van der Waals surface area contributed by atoms with E-state index in [-0.39, 0.29) is 5.41 Å². The lowest BCUT2D eigenvalue weighted by Crippen LogP contribution is -2.61. The maximum atomic E-state index is 10.0. The summed E-state index contributed by atoms with van der Waals surface area (Å²) in [7, 11) is 2.21. The van der Waals surface area contributed by atoms with Crippen molar-refractivity contribution in [2.75, 3.05) is 33.3 Å². The summed E-state index contributed by atoms with van der Waals surface area (Å²) < 4.78 is 0. The van der Waals surface area contributed by atoms with Gasteiger partial charge in [-0.2, -0.15) is 0 Å². The van der Waals surface area contributed by atoms with E-state index in [1.54, 1.807) is 0 Å². The van der Waals surface area contributed by atoms with Crippen LogP contribution in [0.3, 0.4) is 0 Å². The number of aromatic nitrogens is 2. The Kier molecular flexibility index (Phi) is 4.99. The second-order valence-electron chi connectivity index (χ2n) is 7.67. The van der Waals surface area contributed by atoms with Crippen molar-refractivity contribution in [1.82, 2.24) is 19.8 Å². The molecule has 0 amide bonds. The van der Waals surface area contributed by atoms with Crippen LogP contribution in [0, 0.1) is 5.41 Å². The highest BCUT2D eigenvalue weighted by Crippen LogP contribution is 2.41. The summed E-state index contributed by atoms with van der Waals surface area (Å²) in [5.41, 5.74) is 1.22. The largest absolute Gasteiger partial charge is 0.396 e. The van der Waals surface area contributed by atoms with Gasteiger partial charge in [0.15, 0.2) is 0 Å². The van der Waals surface area contributed by atoms with Crippen molar-refractivity contribution in [3.8, 4) is 0 Å². The highest BCUT2D eigenvalue weighted by molar-refractivity contribution is 5.06. The second kappa shape index (κ2) is 6.83. The molecule has 0 bridgehead atoms. The maximum Gasteiger partial charge on any atom is 0.131 e. The summed E-state index contributed by atoms with van der Waals surface area (Å²) in [5.74, 6) is 1.29. The molecule has 1 aromatic heterocycles. The van der Waals surface area contributed by atoms with E-state index in [0.29, 0.717) is 18.6 Å². The monoisotopic (exact) mass is 318 g/mol. The predicted molar refractivity (Wildman–Crippen MR) is 91.2 cm³/mol. The molecule has 0 unspecified atom stereocenters. The van der Waals surface area contributed by atoms with Crippen LogP contribution in [0.5, 0.6) is 0 Å². The third kappa shape index (κ3) is 3.42. The molecule has 0 radical (unpaired) electrons. The van der Waals surface area contributed by atoms with Gasteiger partial charge in [-0.3, -0.25) is 4.90 Å². The number of fused-ring (bicyclic) bond motifs is 1. The first kappa shape index (κ1) is 16.8. The number of likely N-dealkylation sites (N-methyl/N-ethyl adjacent to an activating group) is 1. The molecule has 2 aliphatic heterocycles. The third-order valence-corrected chi connectivity index (χ3v) is 5.73. The first-order chi connectivity index (χ1) is 11.0. The summed E-state index contributed by atoms with van der Waals surface area (Å²) in [5, 5.41) is 10.0. The summed E-state index contributed by atoms with van der Waals surface area (Å²) >= 11 is 0. The van der Waals surface area contributed by atoms with Gasteiger partial charge in [0.2, 0.25) is 0 Å². The Hall–Kier alpha value is -1.04. The van der Waals surface area contributed by atoms with Crippen molar-refractivity contribution in [3.05, 3.63) is 23.8 Å². The van der Waals surface area contributed by atoms with Crippen LogP contribution in [0.2, 0.25) is 0 Å². The molecular formula is C18H30N4O. The molecule has 2 aliphatic rings. The Bertz CT molecular complexity index is 536. The number of hydrogen-bond donors (Lipinski definition) is 1. The van der Waals surface area contributed by atoms with Crippen molar-refractivity contribution in [2.45, 2.75) is 51.6 Å². The lowest BCUT2D eigenvalue weighted by molar-refractivity contribution is -0.0686. The lowest BCUT2D eigenvalue weighted by Gasteiger charge is -2.53. The fourth-order valence-electron chi connectivity index (χ4n) is 4.23. The first-order valence-electron chi connectivity index (χ1n) is 8.89. The van der Waals surface area contributed by atoms with E-state index in [2.05, 4.69) is 35.7 Å². The zero-order chi connectivity index (χ0) is 16.4. The minimum Gasteiger partial charge on any atom is -0.396 e. The highest BCUT2D eigenvalue weighted by atomic mass is 16.3. The summed E-state index contributed by atoms with van der Waals surface area (Å²) in [6.07, 6.45) is 5.33. The van der Waals surface area contributed by atoms with Crippen LogP contribution in [0.4, 0.5) is 0 Å². The number of hydrogen-bond acceptors (Lipinski definition) is 5. The van der Waals surface area contributed by atoms with Gasteiger partial charge in [0.1, 0.15) is 5.82 Å². The van der Waals surface area contributed by atoms with Gasteiger partial charge in [0.25, 0.3) is 0 Å². The zero-order valence-corrected chi connectivity index (χ0v) is 14.7. The Morgan fingerprint density at radius 1 is 1.35 bits per heavy atom. The molecule has 0 saturated carbocycles. The van der Waals surface area contributed by atoms with Gasteiger partial charge in [0, 0.05) is 36.7 Å². The smallest absolute Gasteiger partial charge is 0.131 e. The van der Waals surface area contributed by atoms with E-state index in [1.807, 2.05) is 12.3 Å². The van der Waals surface area contributed by atoms with Crippen molar-refractivity contribution in [1.29, 1.82) is 0 Å². The van der Waals surface area contributed by atoms with Crippen molar-refractivity contribution in [2.24, 2.45) is 5.41 Å². The average molecular weight is 318 g/mol. The summed E-state index contributed by atoms with van der Waals surface area (Å²) in [4.78, 5) is 14.0. The van der Waals surface area contributed by atoms with Gasteiger partial charge in [-0.25, -0.2) is 9.97 Å². The number of rotatable bonds is 4. The molecule has 2 atom stereocenters. The molecule has 128 valence electrons. The quantitative estimate of drug-likeness (QED) is 0.918. The number of nitrogens with zero attached hydrogens (tertiary/aromatic N) is 4. The Morgan fingerprint density at radius 3 is 2.91 bits per heavy atom. The van der Waals surface area contributed by atoms with Crippen LogP contribution in [0.1, 0.15) is 50.5 Å². The van der Waals surface area contributed by atoms with Crippen molar-refractivity contribution >= 4 is 0 Å². The highest BCUT2D eigenvalue weighted by Gasteiger charge is 2.46. The topological polar surface area (TPSA) is 52.5 Å². The molecule has 23 heavy (non-hydrogen) atoms. The molecule has 5 heteroatoms. The zero-order valence-electron chi connectivity index (χ0n) is 14.7. The molecule has 2 fully saturated rings. The van der Waals surface area contributed by atoms with Gasteiger partial charge >= 0.3 is 0 Å². The first-order valence-corrected chi connectivity index (χ1v) is 8.89. The van der Waals surface area contributed by atoms with Gasteiger partial charge in [-0.15, -0.1) is 0 Å². The van der Waals surface area contributed by atoms with Crippen LogP contribution in [0.15, 0.2) is 12.3 Å². The summed E-state index contributed by atoms with van der Waals surface area (Å²) in [6.45, 7) is 8.68. The van der Waals surface area contributed by atoms with Gasteiger partial charge in [-0.1, -0.05) is 13.8 Å². The number of aliphatic hydroxyl groups excluding tert-OH is 1. The molecule has 1 N–H and O–H groups in total. The van der Waals surface area contributed by atoms with E-state index in [9.17, 15) is 5.11 Å². The standard InChI is InChI=1S/C18H30N4O/c1-14(2)17-19-8-5-15(20-17)11-22-10-7-18(13-23)6-4-9-21(3)16(18)12-22/h5,8,14,16,23H,4,6-7,9-13H2,1-3H3/t16-,18-/m1/s1. The van der Waals surface area contributed by atoms with E-state index in [4.69, 9.17) is 4.98 Å². The van der Waals surface area contributed by atoms with Crippen LogP contribution in [0.25, 0.3) is 0 Å². The van der Waals surface area contributed by atoms with Crippen LogP contribution < -0.4 is 0 Å². The molecule has 0 aromatic carbocycles. The Labute approximate surface area is 139 Å². The predicted octanol–water partition coefficient (Wildman–Crippen LogP) is 1.88. The van der Waals surface area contributed by atoms with Crippen molar-refractivity contribution in [3.63, 3.8) is 0 Å². The fraction of sp³-hybridized carbons (Fsp3) is 0.778. The molecule has 0 aliphatic carbocycles. The molecular weight excluding hydrogens is 288 g/mol. The molecule has 0 spiro atoms. The normalized spacial score (nSPS) is 29.7. The van der Waals surface area contributed by atoms with E-state index in [0.717, 1.165) is 50.5 Å². The Balaban J connectivity index is 1.70. The van der Waals surface area contributed by atoms with Crippen LogP contribution in [-0.4, -0.2) is 64.2 Å². The third-order valence-electron chi connectivity index (χ3n) is 5.73. The van der Waals surface area contributed by atoms with E-state index < -0.39 is 0 Å². The van der Waals surface area contributed by atoms with Gasteiger partial charge in [0.05, 0.1) is 12.3 Å². The van der Waals surface area contributed by atoms with Gasteiger partial charge in [-0.05, 0) is 45.5 Å².